The Hall–Kier alpha value is -0.610. The second-order valence-electron chi connectivity index (χ2n) is 4.55. The van der Waals surface area contributed by atoms with Crippen LogP contribution in [0.1, 0.15) is 40.0 Å². The van der Waals surface area contributed by atoms with E-state index in [9.17, 15) is 4.79 Å². The molecule has 0 amide bonds. The lowest BCUT2D eigenvalue weighted by atomic mass is 9.81. The van der Waals surface area contributed by atoms with E-state index in [1.54, 1.807) is 0 Å². The minimum atomic E-state index is -0.739. The Morgan fingerprint density at radius 2 is 2.00 bits per heavy atom. The summed E-state index contributed by atoms with van der Waals surface area (Å²) in [4.78, 5) is 10.9. The van der Waals surface area contributed by atoms with Crippen LogP contribution in [0.25, 0.3) is 0 Å². The van der Waals surface area contributed by atoms with Crippen LogP contribution in [0.2, 0.25) is 0 Å². The Morgan fingerprint density at radius 1 is 1.47 bits per heavy atom. The van der Waals surface area contributed by atoms with E-state index in [0.717, 1.165) is 19.4 Å². The van der Waals surface area contributed by atoms with Crippen LogP contribution in [0.15, 0.2) is 0 Å². The lowest BCUT2D eigenvalue weighted by Gasteiger charge is -2.42. The van der Waals surface area contributed by atoms with Crippen molar-refractivity contribution in [3.63, 3.8) is 0 Å². The van der Waals surface area contributed by atoms with Crippen molar-refractivity contribution in [1.29, 1.82) is 0 Å². The van der Waals surface area contributed by atoms with Gasteiger partial charge < -0.3 is 15.2 Å². The molecule has 4 nitrogen and oxygen atoms in total. The molecule has 0 spiro atoms. The number of carbonyl (C=O) groups is 1. The van der Waals surface area contributed by atoms with Gasteiger partial charge in [-0.05, 0) is 33.2 Å². The molecule has 1 fully saturated rings. The molecule has 88 valence electrons. The first-order valence-electron chi connectivity index (χ1n) is 5.60. The highest BCUT2D eigenvalue weighted by Crippen LogP contribution is 2.31. The summed E-state index contributed by atoms with van der Waals surface area (Å²) in [7, 11) is 0. The number of rotatable bonds is 4. The van der Waals surface area contributed by atoms with Crippen molar-refractivity contribution in [2.75, 3.05) is 6.54 Å². The predicted molar refractivity (Wildman–Crippen MR) is 57.9 cm³/mol. The van der Waals surface area contributed by atoms with Crippen LogP contribution in [-0.2, 0) is 9.53 Å². The Kier molecular flexibility index (Phi) is 4.11. The molecule has 1 aliphatic heterocycles. The molecule has 0 saturated carbocycles. The van der Waals surface area contributed by atoms with Gasteiger partial charge in [-0.25, -0.2) is 0 Å². The van der Waals surface area contributed by atoms with Crippen molar-refractivity contribution in [2.24, 2.45) is 0 Å². The third-order valence-corrected chi connectivity index (χ3v) is 2.86. The van der Waals surface area contributed by atoms with Gasteiger partial charge in [0.2, 0.25) is 0 Å². The Morgan fingerprint density at radius 3 is 2.40 bits per heavy atom. The average Bonchev–Trinajstić information content (AvgIpc) is 1.99. The van der Waals surface area contributed by atoms with E-state index in [-0.39, 0.29) is 24.2 Å². The summed E-state index contributed by atoms with van der Waals surface area (Å²) in [6.45, 7) is 6.81. The van der Waals surface area contributed by atoms with Gasteiger partial charge in [0.05, 0.1) is 18.6 Å². The molecule has 0 aromatic heterocycles. The van der Waals surface area contributed by atoms with Crippen molar-refractivity contribution in [2.45, 2.75) is 57.8 Å². The number of hydrogen-bond acceptors (Lipinski definition) is 3. The minimum absolute atomic E-state index is 0.132. The molecule has 0 aliphatic carbocycles. The largest absolute Gasteiger partial charge is 0.481 e. The zero-order chi connectivity index (χ0) is 11.5. The molecule has 1 rings (SSSR count). The second-order valence-corrected chi connectivity index (χ2v) is 4.55. The first-order valence-corrected chi connectivity index (χ1v) is 5.60. The molecule has 2 atom stereocenters. The highest BCUT2D eigenvalue weighted by atomic mass is 16.5. The third-order valence-electron chi connectivity index (χ3n) is 2.86. The van der Waals surface area contributed by atoms with Crippen LogP contribution in [0.3, 0.4) is 0 Å². The summed E-state index contributed by atoms with van der Waals surface area (Å²) in [6.07, 6.45) is 1.99. The molecular formula is C11H21NO3. The monoisotopic (exact) mass is 215 g/mol. The van der Waals surface area contributed by atoms with Crippen LogP contribution in [0.5, 0.6) is 0 Å². The maximum atomic E-state index is 10.9. The fraction of sp³-hybridized carbons (Fsp3) is 0.909. The van der Waals surface area contributed by atoms with Gasteiger partial charge >= 0.3 is 5.97 Å². The lowest BCUT2D eigenvalue weighted by Crippen LogP contribution is -2.54. The number of aliphatic carboxylic acids is 1. The van der Waals surface area contributed by atoms with Crippen LogP contribution in [0.4, 0.5) is 0 Å². The topological polar surface area (TPSA) is 58.6 Å². The lowest BCUT2D eigenvalue weighted by molar-refractivity contribution is -0.141. The van der Waals surface area contributed by atoms with E-state index in [1.165, 1.54) is 0 Å². The molecule has 2 unspecified atom stereocenters. The van der Waals surface area contributed by atoms with Gasteiger partial charge in [-0.15, -0.1) is 0 Å². The summed E-state index contributed by atoms with van der Waals surface area (Å²) in [5.41, 5.74) is -0.280. The Balaban J connectivity index is 2.73. The van der Waals surface area contributed by atoms with E-state index in [2.05, 4.69) is 5.32 Å². The SMILES string of the molecule is CCNC1(CC(=O)O)CC(C)OC(C)C1. The molecule has 1 saturated heterocycles. The molecule has 1 heterocycles. The van der Waals surface area contributed by atoms with Gasteiger partial charge in [0.1, 0.15) is 0 Å². The molecule has 0 bridgehead atoms. The summed E-state index contributed by atoms with van der Waals surface area (Å²) < 4.78 is 5.64. The molecule has 0 aromatic carbocycles. The normalized spacial score (nSPS) is 36.5. The number of carboxylic acid groups (broad SMARTS) is 1. The van der Waals surface area contributed by atoms with Crippen molar-refractivity contribution in [3.8, 4) is 0 Å². The Labute approximate surface area is 91.0 Å². The number of carboxylic acids is 1. The zero-order valence-corrected chi connectivity index (χ0v) is 9.75. The minimum Gasteiger partial charge on any atom is -0.481 e. The third kappa shape index (κ3) is 3.47. The maximum Gasteiger partial charge on any atom is 0.305 e. The summed E-state index contributed by atoms with van der Waals surface area (Å²) in [6, 6.07) is 0. The first kappa shape index (κ1) is 12.5. The fourth-order valence-electron chi connectivity index (χ4n) is 2.69. The molecule has 2 N–H and O–H groups in total. The van der Waals surface area contributed by atoms with E-state index >= 15 is 0 Å². The second kappa shape index (κ2) is 4.94. The fourth-order valence-corrected chi connectivity index (χ4v) is 2.69. The summed E-state index contributed by atoms with van der Waals surface area (Å²) in [5.74, 6) is -0.739. The average molecular weight is 215 g/mol. The van der Waals surface area contributed by atoms with Crippen LogP contribution in [-0.4, -0.2) is 35.4 Å². The standard InChI is InChI=1S/C11H21NO3/c1-4-12-11(7-10(13)14)5-8(2)15-9(3)6-11/h8-9,12H,4-7H2,1-3H3,(H,13,14). The highest BCUT2D eigenvalue weighted by Gasteiger charge is 2.39. The van der Waals surface area contributed by atoms with Crippen molar-refractivity contribution < 1.29 is 14.6 Å². The van der Waals surface area contributed by atoms with Crippen molar-refractivity contribution >= 4 is 5.97 Å². The van der Waals surface area contributed by atoms with Gasteiger partial charge in [0.25, 0.3) is 0 Å². The molecule has 0 aromatic rings. The van der Waals surface area contributed by atoms with E-state index < -0.39 is 5.97 Å². The number of ether oxygens (including phenoxy) is 1. The zero-order valence-electron chi connectivity index (χ0n) is 9.75. The van der Waals surface area contributed by atoms with Gasteiger partial charge in [-0.2, -0.15) is 0 Å². The summed E-state index contributed by atoms with van der Waals surface area (Å²) >= 11 is 0. The molecule has 4 heteroatoms. The van der Waals surface area contributed by atoms with Gasteiger partial charge in [-0.1, -0.05) is 6.92 Å². The Bertz CT molecular complexity index is 220. The highest BCUT2D eigenvalue weighted by molar-refractivity contribution is 5.68. The van der Waals surface area contributed by atoms with E-state index in [0.29, 0.717) is 0 Å². The molecular weight excluding hydrogens is 194 g/mol. The van der Waals surface area contributed by atoms with Crippen LogP contribution >= 0.6 is 0 Å². The summed E-state index contributed by atoms with van der Waals surface area (Å²) in [5, 5.41) is 12.3. The predicted octanol–water partition coefficient (Wildman–Crippen LogP) is 1.40. The smallest absolute Gasteiger partial charge is 0.305 e. The number of hydrogen-bond donors (Lipinski definition) is 2. The van der Waals surface area contributed by atoms with Crippen LogP contribution < -0.4 is 5.32 Å². The van der Waals surface area contributed by atoms with Gasteiger partial charge in [0.15, 0.2) is 0 Å². The maximum absolute atomic E-state index is 10.9. The first-order chi connectivity index (χ1) is 6.97. The van der Waals surface area contributed by atoms with E-state index in [1.807, 2.05) is 20.8 Å². The van der Waals surface area contributed by atoms with E-state index in [4.69, 9.17) is 9.84 Å². The van der Waals surface area contributed by atoms with Gasteiger partial charge in [-0.3, -0.25) is 4.79 Å². The van der Waals surface area contributed by atoms with Crippen LogP contribution in [0, 0.1) is 0 Å². The van der Waals surface area contributed by atoms with Crippen molar-refractivity contribution in [1.82, 2.24) is 5.32 Å². The van der Waals surface area contributed by atoms with Gasteiger partial charge in [0, 0.05) is 5.54 Å². The molecule has 15 heavy (non-hydrogen) atoms. The molecule has 0 radical (unpaired) electrons. The van der Waals surface area contributed by atoms with Crippen molar-refractivity contribution in [3.05, 3.63) is 0 Å². The number of nitrogens with one attached hydrogen (secondary N) is 1. The quantitative estimate of drug-likeness (QED) is 0.744. The molecule has 1 aliphatic rings.